The Labute approximate surface area is 117 Å². The highest BCUT2D eigenvalue weighted by Gasteiger charge is 2.34. The Hall–Kier alpha value is -1.93. The van der Waals surface area contributed by atoms with E-state index in [4.69, 9.17) is 5.26 Å². The molecular formula is C15H17FN2O2. The highest BCUT2D eigenvalue weighted by Crippen LogP contribution is 2.26. The van der Waals surface area contributed by atoms with Crippen LogP contribution in [0, 0.1) is 23.1 Å². The molecule has 0 saturated carbocycles. The summed E-state index contributed by atoms with van der Waals surface area (Å²) >= 11 is 0. The van der Waals surface area contributed by atoms with Gasteiger partial charge in [-0.2, -0.15) is 5.26 Å². The maximum Gasteiger partial charge on any atom is 0.321 e. The smallest absolute Gasteiger partial charge is 0.321 e. The summed E-state index contributed by atoms with van der Waals surface area (Å²) in [6.07, 6.45) is 1.80. The number of carbonyl (C=O) groups is 1. The third kappa shape index (κ3) is 2.97. The number of benzene rings is 1. The molecule has 0 bridgehead atoms. The molecule has 4 nitrogen and oxygen atoms in total. The van der Waals surface area contributed by atoms with E-state index in [0.29, 0.717) is 24.2 Å². The first-order valence-electron chi connectivity index (χ1n) is 6.68. The molecule has 2 unspecified atom stereocenters. The van der Waals surface area contributed by atoms with Gasteiger partial charge in [-0.1, -0.05) is 6.92 Å². The van der Waals surface area contributed by atoms with Crippen molar-refractivity contribution in [2.45, 2.75) is 32.4 Å². The summed E-state index contributed by atoms with van der Waals surface area (Å²) in [5.74, 6) is -1.21. The first kappa shape index (κ1) is 14.5. The molecule has 2 atom stereocenters. The minimum atomic E-state index is -0.855. The lowest BCUT2D eigenvalue weighted by Crippen LogP contribution is -2.48. The fraction of sp³-hybridized carbons (Fsp3) is 0.467. The van der Waals surface area contributed by atoms with Gasteiger partial charge >= 0.3 is 5.97 Å². The van der Waals surface area contributed by atoms with Gasteiger partial charge in [0, 0.05) is 6.54 Å². The first-order valence-corrected chi connectivity index (χ1v) is 6.68. The Kier molecular flexibility index (Phi) is 4.35. The molecule has 20 heavy (non-hydrogen) atoms. The standard InChI is InChI=1S/C15H17FN2O2/c1-10-3-2-6-18(14(10)15(19)20)9-12-7-13(16)5-4-11(12)8-17/h4-5,7,10,14H,2-3,6,9H2,1H3,(H,19,20). The maximum atomic E-state index is 13.3. The second kappa shape index (κ2) is 6.02. The number of carboxylic acids is 1. The zero-order valence-electron chi connectivity index (χ0n) is 11.3. The molecule has 0 aliphatic carbocycles. The molecule has 106 valence electrons. The van der Waals surface area contributed by atoms with Crippen LogP contribution in [0.2, 0.25) is 0 Å². The van der Waals surface area contributed by atoms with Crippen LogP contribution in [0.15, 0.2) is 18.2 Å². The molecule has 1 aromatic rings. The predicted octanol–water partition coefficient (Wildman–Crippen LogP) is 2.38. The number of hydrogen-bond acceptors (Lipinski definition) is 3. The normalized spacial score (nSPS) is 23.2. The van der Waals surface area contributed by atoms with E-state index in [0.717, 1.165) is 12.8 Å². The molecule has 0 radical (unpaired) electrons. The SMILES string of the molecule is CC1CCCN(Cc2cc(F)ccc2C#N)C1C(=O)O. The Balaban J connectivity index is 2.26. The minimum Gasteiger partial charge on any atom is -0.480 e. The highest BCUT2D eigenvalue weighted by atomic mass is 19.1. The van der Waals surface area contributed by atoms with E-state index in [1.54, 1.807) is 0 Å². The van der Waals surface area contributed by atoms with Crippen molar-refractivity contribution < 1.29 is 14.3 Å². The Morgan fingerprint density at radius 2 is 2.35 bits per heavy atom. The number of nitriles is 1. The number of halogens is 1. The van der Waals surface area contributed by atoms with Crippen LogP contribution in [0.25, 0.3) is 0 Å². The molecule has 2 rings (SSSR count). The van der Waals surface area contributed by atoms with Gasteiger partial charge in [-0.25, -0.2) is 4.39 Å². The molecule has 0 amide bonds. The molecule has 1 saturated heterocycles. The molecule has 1 heterocycles. The summed E-state index contributed by atoms with van der Waals surface area (Å²) in [7, 11) is 0. The molecule has 1 aromatic carbocycles. The average molecular weight is 276 g/mol. The Morgan fingerprint density at radius 3 is 3.00 bits per heavy atom. The van der Waals surface area contributed by atoms with Crippen LogP contribution in [0.4, 0.5) is 4.39 Å². The molecule has 0 aromatic heterocycles. The quantitative estimate of drug-likeness (QED) is 0.920. The van der Waals surface area contributed by atoms with Gasteiger partial charge in [-0.15, -0.1) is 0 Å². The van der Waals surface area contributed by atoms with E-state index in [1.165, 1.54) is 18.2 Å². The van der Waals surface area contributed by atoms with Crippen molar-refractivity contribution in [2.75, 3.05) is 6.54 Å². The lowest BCUT2D eigenvalue weighted by molar-refractivity contribution is -0.147. The van der Waals surface area contributed by atoms with Crippen molar-refractivity contribution in [1.29, 1.82) is 5.26 Å². The number of rotatable bonds is 3. The Bertz CT molecular complexity index is 553. The topological polar surface area (TPSA) is 64.3 Å². The van der Waals surface area contributed by atoms with Crippen LogP contribution in [-0.2, 0) is 11.3 Å². The van der Waals surface area contributed by atoms with Gasteiger partial charge in [0.2, 0.25) is 0 Å². The fourth-order valence-electron chi connectivity index (χ4n) is 2.87. The number of piperidine rings is 1. The van der Waals surface area contributed by atoms with E-state index in [-0.39, 0.29) is 5.92 Å². The lowest BCUT2D eigenvalue weighted by atomic mass is 9.90. The molecule has 0 spiro atoms. The van der Waals surface area contributed by atoms with E-state index in [9.17, 15) is 14.3 Å². The molecule has 1 aliphatic heterocycles. The van der Waals surface area contributed by atoms with E-state index >= 15 is 0 Å². The summed E-state index contributed by atoms with van der Waals surface area (Å²) in [6.45, 7) is 2.87. The zero-order valence-corrected chi connectivity index (χ0v) is 11.3. The van der Waals surface area contributed by atoms with E-state index in [2.05, 4.69) is 0 Å². The second-order valence-electron chi connectivity index (χ2n) is 5.29. The summed E-state index contributed by atoms with van der Waals surface area (Å²) in [4.78, 5) is 13.2. The number of carboxylic acid groups (broad SMARTS) is 1. The number of nitrogens with zero attached hydrogens (tertiary/aromatic N) is 2. The molecule has 5 heteroatoms. The van der Waals surface area contributed by atoms with Gasteiger partial charge in [0.15, 0.2) is 0 Å². The average Bonchev–Trinajstić information content (AvgIpc) is 2.38. The third-order valence-corrected chi connectivity index (χ3v) is 3.85. The fourth-order valence-corrected chi connectivity index (χ4v) is 2.87. The Morgan fingerprint density at radius 1 is 1.60 bits per heavy atom. The van der Waals surface area contributed by atoms with Gasteiger partial charge in [-0.05, 0) is 49.1 Å². The summed E-state index contributed by atoms with van der Waals surface area (Å²) in [5, 5.41) is 18.4. The van der Waals surface area contributed by atoms with E-state index < -0.39 is 17.8 Å². The van der Waals surface area contributed by atoms with Crippen molar-refractivity contribution in [1.82, 2.24) is 4.90 Å². The monoisotopic (exact) mass is 276 g/mol. The highest BCUT2D eigenvalue weighted by molar-refractivity contribution is 5.74. The van der Waals surface area contributed by atoms with E-state index in [1.807, 2.05) is 17.9 Å². The van der Waals surface area contributed by atoms with Gasteiger partial charge in [0.25, 0.3) is 0 Å². The van der Waals surface area contributed by atoms with Crippen LogP contribution in [-0.4, -0.2) is 28.6 Å². The lowest BCUT2D eigenvalue weighted by Gasteiger charge is -2.37. The number of likely N-dealkylation sites (tertiary alicyclic amines) is 1. The van der Waals surface area contributed by atoms with Crippen molar-refractivity contribution in [2.24, 2.45) is 5.92 Å². The molecule has 1 aliphatic rings. The van der Waals surface area contributed by atoms with Crippen LogP contribution >= 0.6 is 0 Å². The number of aliphatic carboxylic acids is 1. The van der Waals surface area contributed by atoms with Crippen LogP contribution < -0.4 is 0 Å². The van der Waals surface area contributed by atoms with Crippen LogP contribution in [0.1, 0.15) is 30.9 Å². The number of hydrogen-bond donors (Lipinski definition) is 1. The van der Waals surface area contributed by atoms with Gasteiger partial charge in [0.05, 0.1) is 11.6 Å². The predicted molar refractivity (Wildman–Crippen MR) is 71.3 cm³/mol. The first-order chi connectivity index (χ1) is 9.52. The molecule has 1 fully saturated rings. The van der Waals surface area contributed by atoms with Crippen molar-refractivity contribution >= 4 is 5.97 Å². The summed E-state index contributed by atoms with van der Waals surface area (Å²) in [6, 6.07) is 5.46. The second-order valence-corrected chi connectivity index (χ2v) is 5.29. The molecular weight excluding hydrogens is 259 g/mol. The maximum absolute atomic E-state index is 13.3. The van der Waals surface area contributed by atoms with Gasteiger partial charge in [0.1, 0.15) is 11.9 Å². The van der Waals surface area contributed by atoms with Gasteiger partial charge in [-0.3, -0.25) is 9.69 Å². The molecule has 1 N–H and O–H groups in total. The van der Waals surface area contributed by atoms with Crippen LogP contribution in [0.5, 0.6) is 0 Å². The largest absolute Gasteiger partial charge is 0.480 e. The summed E-state index contributed by atoms with van der Waals surface area (Å²) in [5.41, 5.74) is 0.946. The van der Waals surface area contributed by atoms with Crippen LogP contribution in [0.3, 0.4) is 0 Å². The zero-order chi connectivity index (χ0) is 14.7. The van der Waals surface area contributed by atoms with Crippen molar-refractivity contribution in [3.05, 3.63) is 35.1 Å². The third-order valence-electron chi connectivity index (χ3n) is 3.85. The van der Waals surface area contributed by atoms with Crippen molar-refractivity contribution in [3.8, 4) is 6.07 Å². The van der Waals surface area contributed by atoms with Gasteiger partial charge < -0.3 is 5.11 Å². The minimum absolute atomic E-state index is 0.0559. The summed E-state index contributed by atoms with van der Waals surface area (Å²) < 4.78 is 13.3. The van der Waals surface area contributed by atoms with Crippen molar-refractivity contribution in [3.63, 3.8) is 0 Å².